The Hall–Kier alpha value is -1.26. The summed E-state index contributed by atoms with van der Waals surface area (Å²) in [5, 5.41) is 3.21. The maximum atomic E-state index is 11.8. The van der Waals surface area contributed by atoms with E-state index in [2.05, 4.69) is 5.32 Å². The Morgan fingerprint density at radius 3 is 2.68 bits per heavy atom. The highest BCUT2D eigenvalue weighted by molar-refractivity contribution is 6.32. The third kappa shape index (κ3) is 5.09. The van der Waals surface area contributed by atoms with Crippen molar-refractivity contribution in [2.24, 2.45) is 5.73 Å². The van der Waals surface area contributed by atoms with Crippen molar-refractivity contribution in [1.29, 1.82) is 0 Å². The van der Waals surface area contributed by atoms with Crippen LogP contribution < -0.4 is 15.8 Å². The molecule has 4 nitrogen and oxygen atoms in total. The van der Waals surface area contributed by atoms with E-state index >= 15 is 0 Å². The van der Waals surface area contributed by atoms with Crippen LogP contribution in [-0.2, 0) is 4.79 Å². The van der Waals surface area contributed by atoms with Crippen molar-refractivity contribution in [3.05, 3.63) is 23.2 Å². The van der Waals surface area contributed by atoms with Crippen molar-refractivity contribution in [2.45, 2.75) is 45.8 Å². The van der Waals surface area contributed by atoms with E-state index in [0.717, 1.165) is 6.42 Å². The van der Waals surface area contributed by atoms with Gasteiger partial charge in [0, 0.05) is 5.69 Å². The third-order valence-corrected chi connectivity index (χ3v) is 2.79. The molecular weight excluding hydrogens is 264 g/mol. The first-order valence-corrected chi connectivity index (χ1v) is 6.84. The van der Waals surface area contributed by atoms with E-state index in [-0.39, 0.29) is 12.0 Å². The Balaban J connectivity index is 2.70. The number of carbonyl (C=O) groups excluding carboxylic acids is 1. The lowest BCUT2D eigenvalue weighted by atomic mass is 10.1. The summed E-state index contributed by atoms with van der Waals surface area (Å²) >= 11 is 6.09. The van der Waals surface area contributed by atoms with Gasteiger partial charge >= 0.3 is 0 Å². The SMILES string of the molecule is CCCC(N)C(=O)Nc1ccc(OC(C)C)c(Cl)c1. The van der Waals surface area contributed by atoms with Crippen LogP contribution in [0.5, 0.6) is 5.75 Å². The summed E-state index contributed by atoms with van der Waals surface area (Å²) in [5.41, 5.74) is 6.36. The molecule has 0 aliphatic rings. The molecule has 0 saturated heterocycles. The smallest absolute Gasteiger partial charge is 0.241 e. The lowest BCUT2D eigenvalue weighted by Gasteiger charge is -2.14. The zero-order valence-electron chi connectivity index (χ0n) is 11.6. The van der Waals surface area contributed by atoms with E-state index in [1.165, 1.54) is 0 Å². The number of nitrogens with one attached hydrogen (secondary N) is 1. The molecule has 0 radical (unpaired) electrons. The molecular formula is C14H21ClN2O2. The molecule has 5 heteroatoms. The minimum atomic E-state index is -0.490. The summed E-state index contributed by atoms with van der Waals surface area (Å²) in [4.78, 5) is 11.8. The fraction of sp³-hybridized carbons (Fsp3) is 0.500. The van der Waals surface area contributed by atoms with E-state index in [9.17, 15) is 4.79 Å². The monoisotopic (exact) mass is 284 g/mol. The van der Waals surface area contributed by atoms with Crippen LogP contribution in [-0.4, -0.2) is 18.1 Å². The molecule has 0 bridgehead atoms. The molecule has 19 heavy (non-hydrogen) atoms. The fourth-order valence-electron chi connectivity index (χ4n) is 1.61. The predicted molar refractivity (Wildman–Crippen MR) is 78.7 cm³/mol. The molecule has 106 valence electrons. The van der Waals surface area contributed by atoms with E-state index in [4.69, 9.17) is 22.1 Å². The normalized spacial score (nSPS) is 12.3. The molecule has 1 unspecified atom stereocenters. The number of hydrogen-bond donors (Lipinski definition) is 2. The zero-order chi connectivity index (χ0) is 14.4. The van der Waals surface area contributed by atoms with Gasteiger partial charge in [-0.1, -0.05) is 24.9 Å². The van der Waals surface area contributed by atoms with Gasteiger partial charge in [-0.3, -0.25) is 4.79 Å². The maximum absolute atomic E-state index is 11.8. The molecule has 0 saturated carbocycles. The molecule has 1 aromatic carbocycles. The van der Waals surface area contributed by atoms with Crippen molar-refractivity contribution < 1.29 is 9.53 Å². The molecule has 1 aromatic rings. The van der Waals surface area contributed by atoms with Crippen LogP contribution in [0.15, 0.2) is 18.2 Å². The zero-order valence-corrected chi connectivity index (χ0v) is 12.3. The average molecular weight is 285 g/mol. The number of ether oxygens (including phenoxy) is 1. The van der Waals surface area contributed by atoms with E-state index in [1.54, 1.807) is 18.2 Å². The molecule has 0 aromatic heterocycles. The second-order valence-corrected chi connectivity index (χ2v) is 5.10. The van der Waals surface area contributed by atoms with Crippen LogP contribution in [0.1, 0.15) is 33.6 Å². The van der Waals surface area contributed by atoms with E-state index in [1.807, 2.05) is 20.8 Å². The van der Waals surface area contributed by atoms with Crippen LogP contribution in [0, 0.1) is 0 Å². The Kier molecular flexibility index (Phi) is 6.12. The van der Waals surface area contributed by atoms with Gasteiger partial charge in [0.1, 0.15) is 5.75 Å². The van der Waals surface area contributed by atoms with Crippen LogP contribution in [0.2, 0.25) is 5.02 Å². The number of benzene rings is 1. The van der Waals surface area contributed by atoms with Crippen molar-refractivity contribution in [3.8, 4) is 5.75 Å². The number of rotatable bonds is 6. The van der Waals surface area contributed by atoms with Crippen molar-refractivity contribution in [2.75, 3.05) is 5.32 Å². The number of hydrogen-bond acceptors (Lipinski definition) is 3. The maximum Gasteiger partial charge on any atom is 0.241 e. The standard InChI is InChI=1S/C14H21ClN2O2/c1-4-5-12(16)14(18)17-10-6-7-13(11(15)8-10)19-9(2)3/h6-9,12H,4-5,16H2,1-3H3,(H,17,18). The number of amides is 1. The minimum absolute atomic E-state index is 0.0518. The van der Waals surface area contributed by atoms with Gasteiger partial charge in [0.15, 0.2) is 0 Å². The number of halogens is 1. The highest BCUT2D eigenvalue weighted by atomic mass is 35.5. The van der Waals surface area contributed by atoms with E-state index < -0.39 is 6.04 Å². The summed E-state index contributed by atoms with van der Waals surface area (Å²) in [6, 6.07) is 4.66. The summed E-state index contributed by atoms with van der Waals surface area (Å²) in [6.07, 6.45) is 1.58. The highest BCUT2D eigenvalue weighted by Gasteiger charge is 2.13. The molecule has 0 heterocycles. The lowest BCUT2D eigenvalue weighted by molar-refractivity contribution is -0.117. The predicted octanol–water partition coefficient (Wildman–Crippen LogP) is 3.19. The summed E-state index contributed by atoms with van der Waals surface area (Å²) < 4.78 is 5.52. The topological polar surface area (TPSA) is 64.4 Å². The average Bonchev–Trinajstić information content (AvgIpc) is 2.32. The largest absolute Gasteiger partial charge is 0.489 e. The summed E-state index contributed by atoms with van der Waals surface area (Å²) in [5.74, 6) is 0.406. The molecule has 1 amide bonds. The van der Waals surface area contributed by atoms with Crippen LogP contribution in [0.3, 0.4) is 0 Å². The van der Waals surface area contributed by atoms with Crippen molar-refractivity contribution in [3.63, 3.8) is 0 Å². The Bertz CT molecular complexity index is 435. The summed E-state index contributed by atoms with van der Waals surface area (Å²) in [7, 11) is 0. The Labute approximate surface area is 119 Å². The van der Waals surface area contributed by atoms with Gasteiger partial charge in [0.2, 0.25) is 5.91 Å². The van der Waals surface area contributed by atoms with Crippen molar-refractivity contribution >= 4 is 23.2 Å². The van der Waals surface area contributed by atoms with Crippen LogP contribution in [0.25, 0.3) is 0 Å². The van der Waals surface area contributed by atoms with Gasteiger partial charge in [0.05, 0.1) is 17.2 Å². The first-order valence-electron chi connectivity index (χ1n) is 6.46. The number of carbonyl (C=O) groups is 1. The highest BCUT2D eigenvalue weighted by Crippen LogP contribution is 2.28. The van der Waals surface area contributed by atoms with Gasteiger partial charge in [-0.15, -0.1) is 0 Å². The molecule has 1 rings (SSSR count). The Morgan fingerprint density at radius 2 is 2.16 bits per heavy atom. The van der Waals surface area contributed by atoms with E-state index in [0.29, 0.717) is 22.9 Å². The van der Waals surface area contributed by atoms with Gasteiger partial charge in [-0.25, -0.2) is 0 Å². The van der Waals surface area contributed by atoms with Gasteiger partial charge < -0.3 is 15.8 Å². The third-order valence-electron chi connectivity index (χ3n) is 2.50. The van der Waals surface area contributed by atoms with Crippen LogP contribution >= 0.6 is 11.6 Å². The van der Waals surface area contributed by atoms with Crippen LogP contribution in [0.4, 0.5) is 5.69 Å². The lowest BCUT2D eigenvalue weighted by Crippen LogP contribution is -2.35. The summed E-state index contributed by atoms with van der Waals surface area (Å²) in [6.45, 7) is 5.84. The van der Waals surface area contributed by atoms with Gasteiger partial charge in [-0.05, 0) is 38.5 Å². The van der Waals surface area contributed by atoms with Gasteiger partial charge in [0.25, 0.3) is 0 Å². The number of anilines is 1. The second kappa shape index (κ2) is 7.36. The molecule has 0 aliphatic heterocycles. The first-order chi connectivity index (χ1) is 8.93. The molecule has 0 spiro atoms. The number of nitrogens with two attached hydrogens (primary N) is 1. The fourth-order valence-corrected chi connectivity index (χ4v) is 1.83. The molecule has 1 atom stereocenters. The van der Waals surface area contributed by atoms with Gasteiger partial charge in [-0.2, -0.15) is 0 Å². The Morgan fingerprint density at radius 1 is 1.47 bits per heavy atom. The minimum Gasteiger partial charge on any atom is -0.489 e. The second-order valence-electron chi connectivity index (χ2n) is 4.70. The molecule has 0 aliphatic carbocycles. The molecule has 0 fully saturated rings. The first kappa shape index (κ1) is 15.8. The quantitative estimate of drug-likeness (QED) is 0.843. The van der Waals surface area contributed by atoms with Crippen molar-refractivity contribution in [1.82, 2.24) is 0 Å². The molecule has 3 N–H and O–H groups in total.